The molecule has 1 unspecified atom stereocenters. The van der Waals surface area contributed by atoms with Gasteiger partial charge in [-0.3, -0.25) is 13.7 Å². The van der Waals surface area contributed by atoms with Crippen LogP contribution in [0.2, 0.25) is 0 Å². The number of rotatable bonds is 7. The van der Waals surface area contributed by atoms with Crippen LogP contribution >= 0.6 is 30.3 Å². The molecule has 6 nitrogen and oxygen atoms in total. The number of halogens is 1. The fourth-order valence-electron chi connectivity index (χ4n) is 4.57. The van der Waals surface area contributed by atoms with E-state index in [-0.39, 0.29) is 18.4 Å². The van der Waals surface area contributed by atoms with Gasteiger partial charge in [0.15, 0.2) is 0 Å². The lowest BCUT2D eigenvalue weighted by molar-refractivity contribution is -0.144. The van der Waals surface area contributed by atoms with Gasteiger partial charge in [0.25, 0.3) is 0 Å². The zero-order valence-corrected chi connectivity index (χ0v) is 21.2. The third kappa shape index (κ3) is 4.21. The number of carbonyl (C=O) groups excluding carboxylic acids is 1. The van der Waals surface area contributed by atoms with Gasteiger partial charge in [-0.05, 0) is 54.8 Å². The van der Waals surface area contributed by atoms with Crippen molar-refractivity contribution in [1.82, 2.24) is 8.87 Å². The van der Waals surface area contributed by atoms with Crippen LogP contribution < -0.4 is 4.74 Å². The van der Waals surface area contributed by atoms with E-state index in [1.165, 1.54) is 5.56 Å². The SMILES string of the molecule is CCOC(=O)CC(c1c(OC)cc(C)c2c1ccn2SI)N1Cc2ccc(C#N)cc2C1. The number of aromatic nitrogens is 1. The maximum atomic E-state index is 12.7. The first kappa shape index (κ1) is 23.0. The number of nitrogens with zero attached hydrogens (tertiary/aromatic N) is 3. The standard InChI is InChI=1S/C24H24IN3O3S/c1-4-31-22(29)11-20(27-13-17-6-5-16(12-26)10-18(17)14-27)23-19-7-8-28(32-25)24(19)15(2)9-21(23)30-3/h5-10,20H,4,11,13-14H2,1-3H3. The van der Waals surface area contributed by atoms with Crippen molar-refractivity contribution in [1.29, 1.82) is 5.26 Å². The number of esters is 1. The van der Waals surface area contributed by atoms with E-state index in [0.29, 0.717) is 25.3 Å². The molecule has 0 radical (unpaired) electrons. The van der Waals surface area contributed by atoms with Gasteiger partial charge < -0.3 is 9.47 Å². The summed E-state index contributed by atoms with van der Waals surface area (Å²) in [5, 5.41) is 10.4. The highest BCUT2D eigenvalue weighted by molar-refractivity contribution is 14.2. The zero-order chi connectivity index (χ0) is 22.8. The van der Waals surface area contributed by atoms with E-state index < -0.39 is 0 Å². The molecule has 1 aliphatic rings. The van der Waals surface area contributed by atoms with Crippen molar-refractivity contribution in [2.24, 2.45) is 0 Å². The zero-order valence-electron chi connectivity index (χ0n) is 18.2. The molecular weight excluding hydrogens is 537 g/mol. The average Bonchev–Trinajstić information content (AvgIpc) is 3.41. The van der Waals surface area contributed by atoms with Gasteiger partial charge in [-0.2, -0.15) is 5.26 Å². The summed E-state index contributed by atoms with van der Waals surface area (Å²) < 4.78 is 13.3. The van der Waals surface area contributed by atoms with Gasteiger partial charge >= 0.3 is 5.97 Å². The van der Waals surface area contributed by atoms with Crippen LogP contribution in [0.3, 0.4) is 0 Å². The summed E-state index contributed by atoms with van der Waals surface area (Å²) in [5.74, 6) is 0.541. The molecule has 1 atom stereocenters. The summed E-state index contributed by atoms with van der Waals surface area (Å²) in [6.45, 7) is 5.61. The van der Waals surface area contributed by atoms with E-state index >= 15 is 0 Å². The predicted molar refractivity (Wildman–Crippen MR) is 135 cm³/mol. The highest BCUT2D eigenvalue weighted by Gasteiger charge is 2.33. The molecule has 3 aromatic rings. The smallest absolute Gasteiger partial charge is 0.307 e. The van der Waals surface area contributed by atoms with Gasteiger partial charge in [0, 0.05) is 60.6 Å². The molecule has 0 saturated heterocycles. The Balaban J connectivity index is 1.84. The minimum atomic E-state index is -0.232. The lowest BCUT2D eigenvalue weighted by atomic mass is 9.95. The van der Waals surface area contributed by atoms with E-state index in [4.69, 9.17) is 9.47 Å². The first-order valence-corrected chi connectivity index (χ1v) is 13.7. The molecule has 166 valence electrons. The molecule has 2 heterocycles. The Hall–Kier alpha value is -2.22. The number of ether oxygens (including phenoxy) is 2. The van der Waals surface area contributed by atoms with Gasteiger partial charge in [-0.1, -0.05) is 6.07 Å². The molecule has 8 heteroatoms. The van der Waals surface area contributed by atoms with Crippen molar-refractivity contribution in [3.05, 3.63) is 64.3 Å². The second kappa shape index (κ2) is 9.73. The Morgan fingerprint density at radius 1 is 1.28 bits per heavy atom. The van der Waals surface area contributed by atoms with Crippen molar-refractivity contribution < 1.29 is 14.3 Å². The van der Waals surface area contributed by atoms with Crippen LogP contribution in [-0.4, -0.2) is 28.6 Å². The molecule has 0 aliphatic carbocycles. The fourth-order valence-corrected chi connectivity index (χ4v) is 5.97. The van der Waals surface area contributed by atoms with E-state index in [2.05, 4.69) is 61.4 Å². The lowest BCUT2D eigenvalue weighted by Gasteiger charge is -2.29. The van der Waals surface area contributed by atoms with Crippen molar-refractivity contribution in [3.63, 3.8) is 0 Å². The first-order chi connectivity index (χ1) is 15.5. The Kier molecular flexibility index (Phi) is 6.98. The van der Waals surface area contributed by atoms with Crippen molar-refractivity contribution in [3.8, 4) is 11.8 Å². The van der Waals surface area contributed by atoms with Gasteiger partial charge in [0.1, 0.15) is 5.75 Å². The summed E-state index contributed by atoms with van der Waals surface area (Å²) in [6, 6.07) is 12.0. The van der Waals surface area contributed by atoms with E-state index in [9.17, 15) is 10.1 Å². The number of methoxy groups -OCH3 is 1. The topological polar surface area (TPSA) is 67.5 Å². The van der Waals surface area contributed by atoms with Crippen molar-refractivity contribution in [2.45, 2.75) is 39.4 Å². The van der Waals surface area contributed by atoms with Crippen LogP contribution in [0.4, 0.5) is 0 Å². The Morgan fingerprint density at radius 3 is 2.75 bits per heavy atom. The minimum absolute atomic E-state index is 0.222. The molecule has 0 bridgehead atoms. The quantitative estimate of drug-likeness (QED) is 0.273. The summed E-state index contributed by atoms with van der Waals surface area (Å²) in [6.07, 6.45) is 2.28. The summed E-state index contributed by atoms with van der Waals surface area (Å²) in [7, 11) is 3.29. The summed E-state index contributed by atoms with van der Waals surface area (Å²) in [4.78, 5) is 15.0. The fraction of sp³-hybridized carbons (Fsp3) is 0.333. The Labute approximate surface area is 204 Å². The van der Waals surface area contributed by atoms with Gasteiger partial charge in [-0.25, -0.2) is 0 Å². The van der Waals surface area contributed by atoms with Crippen LogP contribution in [0.25, 0.3) is 10.9 Å². The highest BCUT2D eigenvalue weighted by Crippen LogP contribution is 2.43. The van der Waals surface area contributed by atoms with Gasteiger partial charge in [-0.15, -0.1) is 0 Å². The molecular formula is C24H24IN3O3S. The molecule has 4 rings (SSSR count). The van der Waals surface area contributed by atoms with Gasteiger partial charge in [0.05, 0.1) is 43.3 Å². The number of nitriles is 1. The van der Waals surface area contributed by atoms with Crippen LogP contribution in [0.15, 0.2) is 36.5 Å². The first-order valence-electron chi connectivity index (χ1n) is 10.4. The van der Waals surface area contributed by atoms with Crippen LogP contribution in [0.5, 0.6) is 5.75 Å². The lowest BCUT2D eigenvalue weighted by Crippen LogP contribution is -2.27. The number of benzene rings is 2. The maximum Gasteiger partial charge on any atom is 0.307 e. The van der Waals surface area contributed by atoms with Crippen LogP contribution in [0, 0.1) is 18.3 Å². The molecule has 0 fully saturated rings. The molecule has 0 amide bonds. The molecule has 0 spiro atoms. The second-order valence-corrected chi connectivity index (χ2v) is 9.52. The predicted octanol–water partition coefficient (Wildman–Crippen LogP) is 5.69. The third-order valence-electron chi connectivity index (χ3n) is 5.94. The second-order valence-electron chi connectivity index (χ2n) is 7.81. The monoisotopic (exact) mass is 561 g/mol. The number of carbonyl (C=O) groups is 1. The van der Waals surface area contributed by atoms with E-state index in [0.717, 1.165) is 33.3 Å². The largest absolute Gasteiger partial charge is 0.496 e. The molecule has 0 N–H and O–H groups in total. The molecule has 0 saturated carbocycles. The van der Waals surface area contributed by atoms with E-state index in [1.54, 1.807) is 16.2 Å². The Morgan fingerprint density at radius 2 is 2.06 bits per heavy atom. The minimum Gasteiger partial charge on any atom is -0.496 e. The molecule has 1 aromatic heterocycles. The maximum absolute atomic E-state index is 12.7. The number of fused-ring (bicyclic) bond motifs is 2. The molecule has 1 aliphatic heterocycles. The molecule has 32 heavy (non-hydrogen) atoms. The van der Waals surface area contributed by atoms with Gasteiger partial charge in [0.2, 0.25) is 0 Å². The average molecular weight is 561 g/mol. The highest BCUT2D eigenvalue weighted by atomic mass is 127. The van der Waals surface area contributed by atoms with Crippen LogP contribution in [-0.2, 0) is 22.6 Å². The normalized spacial score (nSPS) is 14.2. The van der Waals surface area contributed by atoms with Crippen molar-refractivity contribution >= 4 is 47.2 Å². The summed E-state index contributed by atoms with van der Waals surface area (Å²) >= 11 is 2.28. The number of hydrogen-bond acceptors (Lipinski definition) is 6. The van der Waals surface area contributed by atoms with Crippen molar-refractivity contribution in [2.75, 3.05) is 13.7 Å². The number of hydrogen-bond donors (Lipinski definition) is 0. The Bertz CT molecular complexity index is 1220. The number of aryl methyl sites for hydroxylation is 1. The third-order valence-corrected chi connectivity index (χ3v) is 7.67. The molecule has 2 aromatic carbocycles. The van der Waals surface area contributed by atoms with E-state index in [1.807, 2.05) is 25.1 Å². The summed E-state index contributed by atoms with van der Waals surface area (Å²) in [5.41, 5.74) is 6.20. The van der Waals surface area contributed by atoms with Crippen LogP contribution in [0.1, 0.15) is 47.2 Å².